The molecule has 1 heterocycles. The Balaban J connectivity index is 1.72. The van der Waals surface area contributed by atoms with Gasteiger partial charge in [0, 0.05) is 12.5 Å². The maximum absolute atomic E-state index is 12.8. The Kier molecular flexibility index (Phi) is 6.11. The van der Waals surface area contributed by atoms with Crippen LogP contribution in [-0.2, 0) is 9.59 Å². The fraction of sp³-hybridized carbons (Fsp3) is 0.524. The standard InChI is InChI=1S/C21H26N2O5/c1-2-7-17(21(27)28)22-18(24)14-9-4-3-8-13(14)12-23-19(25)15-10-5-6-11-16(15)20(23)26/h5-6,10-11,13-14,17H,2-4,7-9,12H2,1H3,(H,22,24)(H,27,28). The van der Waals surface area contributed by atoms with E-state index in [9.17, 15) is 24.3 Å². The minimum Gasteiger partial charge on any atom is -0.480 e. The van der Waals surface area contributed by atoms with Gasteiger partial charge in [-0.2, -0.15) is 0 Å². The number of aliphatic carboxylic acids is 1. The molecule has 1 fully saturated rings. The van der Waals surface area contributed by atoms with Crippen LogP contribution in [0.4, 0.5) is 0 Å². The summed E-state index contributed by atoms with van der Waals surface area (Å²) < 4.78 is 0. The van der Waals surface area contributed by atoms with Crippen LogP contribution in [0.25, 0.3) is 0 Å². The van der Waals surface area contributed by atoms with Crippen LogP contribution in [-0.4, -0.2) is 46.3 Å². The molecule has 150 valence electrons. The van der Waals surface area contributed by atoms with Gasteiger partial charge in [0.05, 0.1) is 11.1 Å². The molecule has 2 N–H and O–H groups in total. The molecule has 1 aromatic rings. The number of nitrogens with one attached hydrogen (secondary N) is 1. The molecule has 1 aromatic carbocycles. The third-order valence-corrected chi connectivity index (χ3v) is 5.73. The molecule has 0 radical (unpaired) electrons. The number of nitrogens with zero attached hydrogens (tertiary/aromatic N) is 1. The number of carboxylic acid groups (broad SMARTS) is 1. The van der Waals surface area contributed by atoms with E-state index in [1.54, 1.807) is 24.3 Å². The van der Waals surface area contributed by atoms with Gasteiger partial charge in [0.15, 0.2) is 0 Å². The van der Waals surface area contributed by atoms with E-state index in [0.29, 0.717) is 30.4 Å². The molecule has 0 bridgehead atoms. The number of carboxylic acids is 1. The first-order chi connectivity index (χ1) is 13.4. The Labute approximate surface area is 164 Å². The molecular formula is C21H26N2O5. The molecule has 1 aliphatic heterocycles. The van der Waals surface area contributed by atoms with E-state index in [-0.39, 0.29) is 30.2 Å². The molecule has 0 saturated heterocycles. The summed E-state index contributed by atoms with van der Waals surface area (Å²) in [4.78, 5) is 50.7. The van der Waals surface area contributed by atoms with Crippen LogP contribution >= 0.6 is 0 Å². The molecule has 3 unspecified atom stereocenters. The molecule has 3 amide bonds. The van der Waals surface area contributed by atoms with Crippen LogP contribution in [0.1, 0.15) is 66.2 Å². The van der Waals surface area contributed by atoms with Gasteiger partial charge in [-0.1, -0.05) is 38.3 Å². The van der Waals surface area contributed by atoms with Crippen LogP contribution in [0.3, 0.4) is 0 Å². The largest absolute Gasteiger partial charge is 0.480 e. The van der Waals surface area contributed by atoms with Crippen molar-refractivity contribution in [2.75, 3.05) is 6.54 Å². The van der Waals surface area contributed by atoms with Crippen molar-refractivity contribution in [3.05, 3.63) is 35.4 Å². The van der Waals surface area contributed by atoms with E-state index < -0.39 is 17.9 Å². The van der Waals surface area contributed by atoms with Crippen LogP contribution in [0, 0.1) is 11.8 Å². The number of hydrogen-bond acceptors (Lipinski definition) is 4. The van der Waals surface area contributed by atoms with E-state index in [1.807, 2.05) is 6.92 Å². The maximum atomic E-state index is 12.8. The fourth-order valence-corrected chi connectivity index (χ4v) is 4.24. The van der Waals surface area contributed by atoms with E-state index in [4.69, 9.17) is 0 Å². The lowest BCUT2D eigenvalue weighted by molar-refractivity contribution is -0.143. The number of fused-ring (bicyclic) bond motifs is 1. The summed E-state index contributed by atoms with van der Waals surface area (Å²) in [5.74, 6) is -2.52. The summed E-state index contributed by atoms with van der Waals surface area (Å²) in [5, 5.41) is 12.0. The van der Waals surface area contributed by atoms with Crippen molar-refractivity contribution in [3.8, 4) is 0 Å². The fourth-order valence-electron chi connectivity index (χ4n) is 4.24. The number of hydrogen-bond donors (Lipinski definition) is 2. The minimum atomic E-state index is -1.04. The Morgan fingerprint density at radius 1 is 1.14 bits per heavy atom. The van der Waals surface area contributed by atoms with Gasteiger partial charge in [-0.05, 0) is 37.3 Å². The zero-order valence-corrected chi connectivity index (χ0v) is 16.0. The topological polar surface area (TPSA) is 104 Å². The van der Waals surface area contributed by atoms with Crippen molar-refractivity contribution in [1.29, 1.82) is 0 Å². The van der Waals surface area contributed by atoms with Crippen LogP contribution < -0.4 is 5.32 Å². The van der Waals surface area contributed by atoms with Gasteiger partial charge in [-0.3, -0.25) is 19.3 Å². The first kappa shape index (κ1) is 20.0. The number of carbonyl (C=O) groups excluding carboxylic acids is 3. The summed E-state index contributed by atoms with van der Waals surface area (Å²) in [6.07, 6.45) is 4.20. The summed E-state index contributed by atoms with van der Waals surface area (Å²) in [6, 6.07) is 5.83. The Morgan fingerprint density at radius 2 is 1.75 bits per heavy atom. The van der Waals surface area contributed by atoms with Crippen LogP contribution in [0.5, 0.6) is 0 Å². The number of benzene rings is 1. The van der Waals surface area contributed by atoms with Crippen LogP contribution in [0.15, 0.2) is 24.3 Å². The second kappa shape index (κ2) is 8.54. The highest BCUT2D eigenvalue weighted by atomic mass is 16.4. The van der Waals surface area contributed by atoms with Crippen molar-refractivity contribution < 1.29 is 24.3 Å². The van der Waals surface area contributed by atoms with Gasteiger partial charge >= 0.3 is 5.97 Å². The summed E-state index contributed by atoms with van der Waals surface area (Å²) in [5.41, 5.74) is 0.802. The molecule has 3 atom stereocenters. The average molecular weight is 386 g/mol. The lowest BCUT2D eigenvalue weighted by Gasteiger charge is -2.33. The smallest absolute Gasteiger partial charge is 0.326 e. The van der Waals surface area contributed by atoms with Gasteiger partial charge in [0.25, 0.3) is 11.8 Å². The third kappa shape index (κ3) is 3.93. The van der Waals surface area contributed by atoms with E-state index in [2.05, 4.69) is 5.32 Å². The van der Waals surface area contributed by atoms with Crippen molar-refractivity contribution in [1.82, 2.24) is 10.2 Å². The Hall–Kier alpha value is -2.70. The second-order valence-corrected chi connectivity index (χ2v) is 7.61. The highest BCUT2D eigenvalue weighted by Gasteiger charge is 2.40. The van der Waals surface area contributed by atoms with Crippen molar-refractivity contribution in [3.63, 3.8) is 0 Å². The maximum Gasteiger partial charge on any atom is 0.326 e. The zero-order chi connectivity index (χ0) is 20.3. The summed E-state index contributed by atoms with van der Waals surface area (Å²) in [7, 11) is 0. The minimum absolute atomic E-state index is 0.160. The van der Waals surface area contributed by atoms with Gasteiger partial charge in [0.2, 0.25) is 5.91 Å². The highest BCUT2D eigenvalue weighted by Crippen LogP contribution is 2.33. The van der Waals surface area contributed by atoms with Crippen molar-refractivity contribution in [2.24, 2.45) is 11.8 Å². The quantitative estimate of drug-likeness (QED) is 0.701. The number of rotatable bonds is 7. The lowest BCUT2D eigenvalue weighted by atomic mass is 9.78. The van der Waals surface area contributed by atoms with Gasteiger partial charge in [-0.25, -0.2) is 4.79 Å². The monoisotopic (exact) mass is 386 g/mol. The molecule has 0 spiro atoms. The van der Waals surface area contributed by atoms with E-state index in [1.165, 1.54) is 4.90 Å². The molecule has 7 nitrogen and oxygen atoms in total. The highest BCUT2D eigenvalue weighted by molar-refractivity contribution is 6.21. The molecule has 0 aromatic heterocycles. The predicted molar refractivity (Wildman–Crippen MR) is 102 cm³/mol. The Bertz CT molecular complexity index is 756. The number of amides is 3. The molecule has 7 heteroatoms. The van der Waals surface area contributed by atoms with E-state index >= 15 is 0 Å². The molecule has 3 rings (SSSR count). The predicted octanol–water partition coefficient (Wildman–Crippen LogP) is 2.46. The van der Waals surface area contributed by atoms with Gasteiger partial charge in [-0.15, -0.1) is 0 Å². The first-order valence-corrected chi connectivity index (χ1v) is 9.92. The molecule has 1 aliphatic carbocycles. The molecular weight excluding hydrogens is 360 g/mol. The molecule has 2 aliphatic rings. The SMILES string of the molecule is CCCC(NC(=O)C1CCCCC1CN1C(=O)c2ccccc2C1=O)C(=O)O. The van der Waals surface area contributed by atoms with E-state index in [0.717, 1.165) is 19.3 Å². The zero-order valence-electron chi connectivity index (χ0n) is 16.0. The molecule has 1 saturated carbocycles. The van der Waals surface area contributed by atoms with Crippen LogP contribution in [0.2, 0.25) is 0 Å². The van der Waals surface area contributed by atoms with Gasteiger partial charge < -0.3 is 10.4 Å². The summed E-state index contributed by atoms with van der Waals surface area (Å²) in [6.45, 7) is 2.06. The average Bonchev–Trinajstić information content (AvgIpc) is 2.93. The summed E-state index contributed by atoms with van der Waals surface area (Å²) >= 11 is 0. The number of imide groups is 1. The number of carbonyl (C=O) groups is 4. The van der Waals surface area contributed by atoms with Crippen molar-refractivity contribution in [2.45, 2.75) is 51.5 Å². The normalized spacial score (nSPS) is 22.7. The lowest BCUT2D eigenvalue weighted by Crippen LogP contribution is -2.48. The third-order valence-electron chi connectivity index (χ3n) is 5.73. The first-order valence-electron chi connectivity index (χ1n) is 9.92. The van der Waals surface area contributed by atoms with Gasteiger partial charge in [0.1, 0.15) is 6.04 Å². The van der Waals surface area contributed by atoms with Crippen molar-refractivity contribution >= 4 is 23.7 Å². The molecule has 28 heavy (non-hydrogen) atoms. The second-order valence-electron chi connectivity index (χ2n) is 7.61. The Morgan fingerprint density at radius 3 is 2.32 bits per heavy atom.